The van der Waals surface area contributed by atoms with Crippen molar-refractivity contribution in [2.45, 2.75) is 25.9 Å². The maximum Gasteiger partial charge on any atom is 0.416 e. The number of benzene rings is 1. The molecule has 2 rings (SSSR count). The van der Waals surface area contributed by atoms with E-state index in [-0.39, 0.29) is 17.3 Å². The first-order valence-corrected chi connectivity index (χ1v) is 7.23. The topological polar surface area (TPSA) is 72.3 Å². The van der Waals surface area contributed by atoms with Gasteiger partial charge in [0.2, 0.25) is 5.88 Å². The fourth-order valence-electron chi connectivity index (χ4n) is 1.91. The molecule has 0 unspecified atom stereocenters. The van der Waals surface area contributed by atoms with Crippen LogP contribution in [0, 0.1) is 0 Å². The van der Waals surface area contributed by atoms with E-state index < -0.39 is 17.7 Å². The Hall–Kier alpha value is -2.64. The van der Waals surface area contributed by atoms with E-state index in [1.807, 2.05) is 6.92 Å². The molecule has 0 aliphatic carbocycles. The number of halogens is 3. The van der Waals surface area contributed by atoms with E-state index in [1.165, 1.54) is 12.1 Å². The van der Waals surface area contributed by atoms with Crippen molar-refractivity contribution in [3.8, 4) is 17.1 Å². The molecule has 0 atom stereocenters. The van der Waals surface area contributed by atoms with E-state index in [9.17, 15) is 18.0 Å². The van der Waals surface area contributed by atoms with Gasteiger partial charge in [0.25, 0.3) is 0 Å². The molecule has 0 saturated carbocycles. The van der Waals surface area contributed by atoms with Crippen molar-refractivity contribution in [1.82, 2.24) is 9.97 Å². The van der Waals surface area contributed by atoms with Crippen LogP contribution in [0.15, 0.2) is 30.5 Å². The highest BCUT2D eigenvalue weighted by Gasteiger charge is 2.30. The molecule has 0 fully saturated rings. The minimum absolute atomic E-state index is 0.0909. The molecule has 1 heterocycles. The molecule has 0 saturated heterocycles. The molecule has 1 aromatic carbocycles. The standard InChI is InChI=1S/C16H15F3N2O3/c1-2-3-8-24-14-13(21-12(9-20-14)15(22)23)10-4-6-11(7-5-10)16(17,18)19/h4-7,9H,2-3,8H2,1H3,(H,22,23). The summed E-state index contributed by atoms with van der Waals surface area (Å²) >= 11 is 0. The van der Waals surface area contributed by atoms with Gasteiger partial charge in [0, 0.05) is 5.56 Å². The van der Waals surface area contributed by atoms with Crippen LogP contribution in [0.3, 0.4) is 0 Å². The number of hydrogen-bond acceptors (Lipinski definition) is 4. The SMILES string of the molecule is CCCCOc1ncc(C(=O)O)nc1-c1ccc(C(F)(F)F)cc1. The second-order valence-corrected chi connectivity index (χ2v) is 4.99. The molecule has 24 heavy (non-hydrogen) atoms. The smallest absolute Gasteiger partial charge is 0.416 e. The third-order valence-corrected chi connectivity index (χ3v) is 3.18. The molecule has 0 radical (unpaired) electrons. The lowest BCUT2D eigenvalue weighted by Gasteiger charge is -2.11. The first kappa shape index (κ1) is 17.7. The van der Waals surface area contributed by atoms with Crippen LogP contribution in [0.2, 0.25) is 0 Å². The summed E-state index contributed by atoms with van der Waals surface area (Å²) in [6.45, 7) is 2.32. The van der Waals surface area contributed by atoms with Crippen LogP contribution in [0.25, 0.3) is 11.3 Å². The lowest BCUT2D eigenvalue weighted by molar-refractivity contribution is -0.137. The molecule has 1 N–H and O–H groups in total. The van der Waals surface area contributed by atoms with E-state index in [0.29, 0.717) is 12.2 Å². The van der Waals surface area contributed by atoms with Crippen molar-refractivity contribution < 1.29 is 27.8 Å². The minimum Gasteiger partial charge on any atom is -0.476 e. The van der Waals surface area contributed by atoms with Crippen molar-refractivity contribution in [1.29, 1.82) is 0 Å². The highest BCUT2D eigenvalue weighted by Crippen LogP contribution is 2.32. The summed E-state index contributed by atoms with van der Waals surface area (Å²) in [4.78, 5) is 18.9. The highest BCUT2D eigenvalue weighted by atomic mass is 19.4. The summed E-state index contributed by atoms with van der Waals surface area (Å²) in [6, 6.07) is 4.23. The average Bonchev–Trinajstić information content (AvgIpc) is 2.54. The normalized spacial score (nSPS) is 11.3. The highest BCUT2D eigenvalue weighted by molar-refractivity contribution is 5.86. The van der Waals surface area contributed by atoms with Gasteiger partial charge >= 0.3 is 12.1 Å². The Morgan fingerprint density at radius 2 is 1.92 bits per heavy atom. The summed E-state index contributed by atoms with van der Waals surface area (Å²) in [5.74, 6) is -1.19. The molecule has 5 nitrogen and oxygen atoms in total. The zero-order valence-corrected chi connectivity index (χ0v) is 12.8. The Bertz CT molecular complexity index is 715. The molecule has 2 aromatic rings. The fraction of sp³-hybridized carbons (Fsp3) is 0.312. The Morgan fingerprint density at radius 3 is 2.46 bits per heavy atom. The molecular weight excluding hydrogens is 325 g/mol. The number of carboxylic acid groups (broad SMARTS) is 1. The van der Waals surface area contributed by atoms with Gasteiger partial charge in [-0.3, -0.25) is 0 Å². The Kier molecular flexibility index (Phi) is 5.38. The van der Waals surface area contributed by atoms with Crippen LogP contribution in [0.5, 0.6) is 5.88 Å². The molecule has 0 aliphatic rings. The van der Waals surface area contributed by atoms with Crippen molar-refractivity contribution in [3.05, 3.63) is 41.7 Å². The molecular formula is C16H15F3N2O3. The molecule has 0 bridgehead atoms. The number of alkyl halides is 3. The van der Waals surface area contributed by atoms with Crippen LogP contribution in [-0.4, -0.2) is 27.7 Å². The van der Waals surface area contributed by atoms with Crippen LogP contribution in [0.4, 0.5) is 13.2 Å². The maximum absolute atomic E-state index is 12.6. The van der Waals surface area contributed by atoms with Gasteiger partial charge in [0.05, 0.1) is 18.4 Å². The predicted octanol–water partition coefficient (Wildman–Crippen LogP) is 4.04. The molecule has 128 valence electrons. The van der Waals surface area contributed by atoms with Crippen molar-refractivity contribution >= 4 is 5.97 Å². The van der Waals surface area contributed by atoms with Crippen molar-refractivity contribution in [2.24, 2.45) is 0 Å². The van der Waals surface area contributed by atoms with Crippen molar-refractivity contribution in [3.63, 3.8) is 0 Å². The van der Waals surface area contributed by atoms with E-state index in [1.54, 1.807) is 0 Å². The number of unbranched alkanes of at least 4 members (excludes halogenated alkanes) is 1. The summed E-state index contributed by atoms with van der Waals surface area (Å²) in [7, 11) is 0. The molecule has 1 aromatic heterocycles. The number of carbonyl (C=O) groups is 1. The number of ether oxygens (including phenoxy) is 1. The van der Waals surface area contributed by atoms with Crippen LogP contribution < -0.4 is 4.74 Å². The fourth-order valence-corrected chi connectivity index (χ4v) is 1.91. The lowest BCUT2D eigenvalue weighted by atomic mass is 10.1. The van der Waals surface area contributed by atoms with Gasteiger partial charge in [-0.2, -0.15) is 13.2 Å². The quantitative estimate of drug-likeness (QED) is 0.804. The Morgan fingerprint density at radius 1 is 1.25 bits per heavy atom. The number of rotatable bonds is 6. The third kappa shape index (κ3) is 4.21. The van der Waals surface area contributed by atoms with Crippen LogP contribution in [0.1, 0.15) is 35.8 Å². The number of nitrogens with zero attached hydrogens (tertiary/aromatic N) is 2. The van der Waals surface area contributed by atoms with Gasteiger partial charge in [0.15, 0.2) is 5.69 Å². The maximum atomic E-state index is 12.6. The number of aromatic nitrogens is 2. The van der Waals surface area contributed by atoms with Crippen LogP contribution in [-0.2, 0) is 6.18 Å². The Balaban J connectivity index is 2.41. The second-order valence-electron chi connectivity index (χ2n) is 4.99. The summed E-state index contributed by atoms with van der Waals surface area (Å²) in [5.41, 5.74) is -0.723. The van der Waals surface area contributed by atoms with Gasteiger partial charge in [-0.15, -0.1) is 0 Å². The molecule has 8 heteroatoms. The number of carboxylic acids is 1. The summed E-state index contributed by atoms with van der Waals surface area (Å²) in [5, 5.41) is 9.02. The van der Waals surface area contributed by atoms with Crippen LogP contribution >= 0.6 is 0 Å². The first-order valence-electron chi connectivity index (χ1n) is 7.23. The molecule has 0 aliphatic heterocycles. The van der Waals surface area contributed by atoms with E-state index in [2.05, 4.69) is 9.97 Å². The van der Waals surface area contributed by atoms with Gasteiger partial charge in [0.1, 0.15) is 5.69 Å². The van der Waals surface area contributed by atoms with Gasteiger partial charge < -0.3 is 9.84 Å². The number of aromatic carboxylic acids is 1. The van der Waals surface area contributed by atoms with E-state index in [0.717, 1.165) is 31.2 Å². The largest absolute Gasteiger partial charge is 0.476 e. The average molecular weight is 340 g/mol. The van der Waals surface area contributed by atoms with Gasteiger partial charge in [-0.1, -0.05) is 25.5 Å². The second kappa shape index (κ2) is 7.29. The minimum atomic E-state index is -4.45. The Labute approximate surface area is 136 Å². The van der Waals surface area contributed by atoms with Gasteiger partial charge in [-0.25, -0.2) is 14.8 Å². The van der Waals surface area contributed by atoms with Gasteiger partial charge in [-0.05, 0) is 18.6 Å². The zero-order valence-electron chi connectivity index (χ0n) is 12.8. The summed E-state index contributed by atoms with van der Waals surface area (Å²) < 4.78 is 43.4. The zero-order chi connectivity index (χ0) is 17.7. The number of hydrogen-bond donors (Lipinski definition) is 1. The van der Waals surface area contributed by atoms with Crippen molar-refractivity contribution in [2.75, 3.05) is 6.61 Å². The van der Waals surface area contributed by atoms with E-state index >= 15 is 0 Å². The summed E-state index contributed by atoms with van der Waals surface area (Å²) in [6.07, 6.45) is -1.75. The lowest BCUT2D eigenvalue weighted by Crippen LogP contribution is -2.07. The monoisotopic (exact) mass is 340 g/mol. The third-order valence-electron chi connectivity index (χ3n) is 3.18. The predicted molar refractivity (Wildman–Crippen MR) is 79.8 cm³/mol. The molecule has 0 spiro atoms. The van der Waals surface area contributed by atoms with E-state index in [4.69, 9.17) is 9.84 Å². The first-order chi connectivity index (χ1) is 11.3. The molecule has 0 amide bonds.